The maximum Gasteiger partial charge on any atom is 1.00 e. The Kier molecular flexibility index (Phi) is 9.83. The number of aromatic amines is 1. The molecule has 2 nitrogen and oxygen atoms in total. The Morgan fingerprint density at radius 3 is 2.36 bits per heavy atom. The first-order valence-electron chi connectivity index (χ1n) is 2.06. The number of nitrogens with one attached hydrogen (secondary N) is 1. The molecule has 0 atom stereocenters. The molecule has 1 heterocycles. The average Bonchev–Trinajstić information content (AvgIpc) is 2.15. The van der Waals surface area contributed by atoms with E-state index in [1.54, 1.807) is 0 Å². The van der Waals surface area contributed by atoms with Gasteiger partial charge in [0.25, 0.3) is 0 Å². The molecule has 0 bridgehead atoms. The van der Waals surface area contributed by atoms with Crippen molar-refractivity contribution >= 4 is 36.4 Å². The van der Waals surface area contributed by atoms with E-state index in [9.17, 15) is 0 Å². The molecular formula is C4H4N2Na2S3. The van der Waals surface area contributed by atoms with Crippen LogP contribution in [0.5, 0.6) is 0 Å². The van der Waals surface area contributed by atoms with Gasteiger partial charge in [-0.1, -0.05) is 12.2 Å². The van der Waals surface area contributed by atoms with E-state index in [0.29, 0.717) is 14.4 Å². The van der Waals surface area contributed by atoms with Crippen LogP contribution >= 0.6 is 36.4 Å². The van der Waals surface area contributed by atoms with Crippen molar-refractivity contribution in [3.63, 3.8) is 0 Å². The van der Waals surface area contributed by atoms with Gasteiger partial charge in [0.2, 0.25) is 0 Å². The fourth-order valence-electron chi connectivity index (χ4n) is 0.373. The zero-order chi connectivity index (χ0) is 6.85. The molecule has 0 aliphatic heterocycles. The Morgan fingerprint density at radius 1 is 1.64 bits per heavy atom. The van der Waals surface area contributed by atoms with Crippen LogP contribution in [0.2, 0.25) is 0 Å². The van der Waals surface area contributed by atoms with E-state index in [0.717, 1.165) is 0 Å². The molecule has 0 aliphatic rings. The van der Waals surface area contributed by atoms with Gasteiger partial charge in [-0.2, -0.15) is 5.26 Å². The van der Waals surface area contributed by atoms with Gasteiger partial charge in [-0.25, -0.2) is 0 Å². The van der Waals surface area contributed by atoms with Gasteiger partial charge >= 0.3 is 59.1 Å². The third-order valence-electron chi connectivity index (χ3n) is 0.777. The summed E-state index contributed by atoms with van der Waals surface area (Å²) in [5.41, 5.74) is 0. The Hall–Kier alpha value is 1.69. The third kappa shape index (κ3) is 3.94. The van der Waals surface area contributed by atoms with Crippen LogP contribution in [0.1, 0.15) is 7.73 Å². The summed E-state index contributed by atoms with van der Waals surface area (Å²) in [7, 11) is 0. The molecule has 0 unspecified atom stereocenters. The number of hydrogen-bond acceptors (Lipinski definition) is 4. The zero-order valence-electron chi connectivity index (χ0n) is 8.21. The minimum absolute atomic E-state index is 0. The Balaban J connectivity index is -0.000000101. The molecule has 0 aliphatic carbocycles. The molecule has 1 aromatic heterocycles. The van der Waals surface area contributed by atoms with Crippen LogP contribution in [0.15, 0.2) is 4.90 Å². The van der Waals surface area contributed by atoms with E-state index >= 15 is 0 Å². The number of aromatic nitrogens is 1. The number of hydrogen-bond donors (Lipinski definition) is 2. The molecule has 50 valence electrons. The molecule has 1 N–H and O–H groups in total. The Labute approximate surface area is 127 Å². The minimum Gasteiger partial charge on any atom is -1.00 e. The number of rotatable bonds is 0. The number of H-pyrrole nitrogens is 1. The molecule has 1 rings (SSSR count). The predicted octanol–water partition coefficient (Wildman–Crippen LogP) is -3.80. The summed E-state index contributed by atoms with van der Waals surface area (Å²) in [6.45, 7) is 0. The molecule has 0 amide bonds. The quantitative estimate of drug-likeness (QED) is 0.268. The maximum atomic E-state index is 8.38. The summed E-state index contributed by atoms with van der Waals surface area (Å²) in [6, 6.07) is 1.96. The van der Waals surface area contributed by atoms with Crippen molar-refractivity contribution in [2.24, 2.45) is 0 Å². The zero-order valence-corrected chi connectivity index (χ0v) is 12.7. The van der Waals surface area contributed by atoms with Crippen molar-refractivity contribution in [1.29, 1.82) is 5.26 Å². The van der Waals surface area contributed by atoms with Gasteiger partial charge in [0.05, 0.1) is 4.90 Å². The van der Waals surface area contributed by atoms with E-state index in [-0.39, 0.29) is 62.0 Å². The second kappa shape index (κ2) is 7.13. The van der Waals surface area contributed by atoms with Crippen molar-refractivity contribution in [2.75, 3.05) is 0 Å². The number of nitriles is 1. The largest absolute Gasteiger partial charge is 1.00 e. The molecule has 0 spiro atoms. The van der Waals surface area contributed by atoms with Gasteiger partial charge in [-0.15, -0.1) is 12.6 Å². The van der Waals surface area contributed by atoms with Crippen molar-refractivity contribution in [1.82, 2.24) is 4.37 Å². The fourth-order valence-corrected chi connectivity index (χ4v) is 1.52. The van der Waals surface area contributed by atoms with Gasteiger partial charge in [-0.3, -0.25) is 4.37 Å². The maximum absolute atomic E-state index is 8.38. The second-order valence-corrected chi connectivity index (χ2v) is 2.99. The molecule has 7 heteroatoms. The summed E-state index contributed by atoms with van der Waals surface area (Å²) in [5, 5.41) is 8.38. The molecule has 0 saturated heterocycles. The van der Waals surface area contributed by atoms with Gasteiger partial charge in [-0.05, 0) is 11.5 Å². The molecule has 0 radical (unpaired) electrons. The van der Waals surface area contributed by atoms with Gasteiger partial charge in [0.1, 0.15) is 15.6 Å². The molecule has 1 aromatic rings. The van der Waals surface area contributed by atoms with Crippen LogP contribution in [0.25, 0.3) is 0 Å². The summed E-state index contributed by atoms with van der Waals surface area (Å²) in [5.74, 6) is 0. The summed E-state index contributed by atoms with van der Waals surface area (Å²) in [6.07, 6.45) is 0. The fraction of sp³-hybridized carbons (Fsp3) is 0. The van der Waals surface area contributed by atoms with E-state index in [4.69, 9.17) is 17.5 Å². The molecule has 0 aromatic carbocycles. The first-order chi connectivity index (χ1) is 4.25. The smallest absolute Gasteiger partial charge is 1.00 e. The van der Waals surface area contributed by atoms with Crippen LogP contribution in [0.3, 0.4) is 0 Å². The van der Waals surface area contributed by atoms with Crippen LogP contribution in [0.4, 0.5) is 0 Å². The molecule has 0 saturated carbocycles. The van der Waals surface area contributed by atoms with E-state index < -0.39 is 0 Å². The monoisotopic (exact) mass is 222 g/mol. The van der Waals surface area contributed by atoms with Crippen LogP contribution in [-0.2, 0) is 0 Å². The summed E-state index contributed by atoms with van der Waals surface area (Å²) >= 11 is 9.97. The molecule has 0 fully saturated rings. The van der Waals surface area contributed by atoms with Crippen LogP contribution in [-0.4, -0.2) is 4.37 Å². The van der Waals surface area contributed by atoms with Crippen LogP contribution < -0.4 is 59.1 Å². The van der Waals surface area contributed by atoms with Gasteiger partial charge in [0, 0.05) is 0 Å². The topological polar surface area (TPSA) is 39.6 Å². The van der Waals surface area contributed by atoms with E-state index in [1.807, 2.05) is 6.07 Å². The van der Waals surface area contributed by atoms with Crippen molar-refractivity contribution in [3.05, 3.63) is 9.52 Å². The van der Waals surface area contributed by atoms with E-state index in [2.05, 4.69) is 17.0 Å². The molecule has 11 heavy (non-hydrogen) atoms. The SMILES string of the molecule is N#Cc1s[nH]c(=S)c1S.[H-].[H-].[Na+].[Na+]. The minimum atomic E-state index is 0. The van der Waals surface area contributed by atoms with Crippen LogP contribution in [0, 0.1) is 16.0 Å². The predicted molar refractivity (Wildman–Crippen MR) is 43.7 cm³/mol. The van der Waals surface area contributed by atoms with Gasteiger partial charge in [0.15, 0.2) is 0 Å². The third-order valence-corrected chi connectivity index (χ3v) is 2.77. The number of nitrogens with zero attached hydrogens (tertiary/aromatic N) is 1. The first kappa shape index (κ1) is 15.2. The van der Waals surface area contributed by atoms with Gasteiger partial charge < -0.3 is 2.85 Å². The van der Waals surface area contributed by atoms with Crippen molar-refractivity contribution in [2.45, 2.75) is 4.90 Å². The normalized spacial score (nSPS) is 7.27. The van der Waals surface area contributed by atoms with E-state index in [1.165, 1.54) is 11.5 Å². The standard InChI is InChI=1S/C4H2N2S3.2Na.2H/c5-1-2-3(7)4(8)6-9-2;;;;/h7H,(H,6,8);;;;/q;2*+1;2*-1. The Bertz CT molecular complexity index is 318. The molecular weight excluding hydrogens is 218 g/mol. The first-order valence-corrected chi connectivity index (χ1v) is 3.73. The average molecular weight is 222 g/mol. The Morgan fingerprint density at radius 2 is 2.18 bits per heavy atom. The van der Waals surface area contributed by atoms with Crippen molar-refractivity contribution < 1.29 is 62.0 Å². The summed E-state index contributed by atoms with van der Waals surface area (Å²) in [4.78, 5) is 1.13. The second-order valence-electron chi connectivity index (χ2n) is 1.32. The van der Waals surface area contributed by atoms with Crippen molar-refractivity contribution in [3.8, 4) is 6.07 Å². The summed E-state index contributed by atoms with van der Waals surface area (Å²) < 4.78 is 3.29. The number of thiol groups is 1.